The zero-order chi connectivity index (χ0) is 16.5. The van der Waals surface area contributed by atoms with E-state index in [1.54, 1.807) is 0 Å². The molecule has 0 fully saturated rings. The summed E-state index contributed by atoms with van der Waals surface area (Å²) in [5.41, 5.74) is -1.01. The molecule has 0 atom stereocenters. The van der Waals surface area contributed by atoms with E-state index in [9.17, 15) is 13.6 Å². The van der Waals surface area contributed by atoms with Gasteiger partial charge in [-0.25, -0.2) is 8.78 Å². The molecule has 0 aliphatic carbocycles. The fraction of sp³-hybridized carbons (Fsp3) is 0.533. The third-order valence-electron chi connectivity index (χ3n) is 3.98. The molecule has 0 spiro atoms. The molecular weight excluding hydrogens is 292 g/mol. The summed E-state index contributed by atoms with van der Waals surface area (Å²) in [4.78, 5) is 17.7. The molecule has 1 aromatic rings. The standard InChI is InChI=1S/C15H17F2N3O2/c1-14(2,15(3,16)17)13(21)20-4-5-22-12-10(6-18)7-19-8-11(12)9-20/h7-8H,4-5,9H2,1-3H3. The van der Waals surface area contributed by atoms with Gasteiger partial charge in [0.1, 0.15) is 29.4 Å². The van der Waals surface area contributed by atoms with E-state index in [0.29, 0.717) is 11.3 Å². The molecule has 0 N–H and O–H groups in total. The molecule has 1 aromatic heterocycles. The van der Waals surface area contributed by atoms with Crippen LogP contribution in [0, 0.1) is 16.7 Å². The van der Waals surface area contributed by atoms with E-state index >= 15 is 0 Å². The van der Waals surface area contributed by atoms with Crippen molar-refractivity contribution in [3.05, 3.63) is 23.5 Å². The minimum absolute atomic E-state index is 0.0934. The average molecular weight is 309 g/mol. The first-order chi connectivity index (χ1) is 10.2. The Labute approximate surface area is 127 Å². The van der Waals surface area contributed by atoms with E-state index in [1.807, 2.05) is 6.07 Å². The molecule has 0 radical (unpaired) electrons. The number of aromatic nitrogens is 1. The maximum absolute atomic E-state index is 13.7. The van der Waals surface area contributed by atoms with Crippen LogP contribution in [0.2, 0.25) is 0 Å². The number of carbonyl (C=O) groups excluding carboxylic acids is 1. The average Bonchev–Trinajstić information content (AvgIpc) is 2.66. The van der Waals surface area contributed by atoms with Crippen molar-refractivity contribution in [3.63, 3.8) is 0 Å². The zero-order valence-corrected chi connectivity index (χ0v) is 12.7. The highest BCUT2D eigenvalue weighted by Gasteiger charge is 2.50. The lowest BCUT2D eigenvalue weighted by atomic mass is 9.84. The third-order valence-corrected chi connectivity index (χ3v) is 3.98. The molecule has 2 rings (SSSR count). The van der Waals surface area contributed by atoms with Crippen molar-refractivity contribution in [1.82, 2.24) is 9.88 Å². The molecule has 7 heteroatoms. The number of amides is 1. The molecule has 1 aliphatic rings. The minimum atomic E-state index is -3.15. The normalized spacial score (nSPS) is 15.4. The van der Waals surface area contributed by atoms with Crippen molar-refractivity contribution in [2.45, 2.75) is 33.2 Å². The number of nitrogens with zero attached hydrogens (tertiary/aromatic N) is 3. The summed E-state index contributed by atoms with van der Waals surface area (Å²) in [5, 5.41) is 9.05. The van der Waals surface area contributed by atoms with Crippen molar-refractivity contribution >= 4 is 5.91 Å². The highest BCUT2D eigenvalue weighted by Crippen LogP contribution is 2.38. The topological polar surface area (TPSA) is 66.2 Å². The van der Waals surface area contributed by atoms with Crippen molar-refractivity contribution in [1.29, 1.82) is 5.26 Å². The molecule has 1 amide bonds. The molecular formula is C15H17F2N3O2. The number of nitriles is 1. The van der Waals surface area contributed by atoms with Gasteiger partial charge in [0.15, 0.2) is 0 Å². The molecule has 5 nitrogen and oxygen atoms in total. The number of rotatable bonds is 2. The van der Waals surface area contributed by atoms with Gasteiger partial charge in [-0.3, -0.25) is 9.78 Å². The molecule has 2 heterocycles. The second-order valence-corrected chi connectivity index (χ2v) is 5.88. The van der Waals surface area contributed by atoms with Crippen LogP contribution in [0.15, 0.2) is 12.4 Å². The number of hydrogen-bond acceptors (Lipinski definition) is 4. The largest absolute Gasteiger partial charge is 0.490 e. The number of carbonyl (C=O) groups is 1. The van der Waals surface area contributed by atoms with Gasteiger partial charge in [-0.15, -0.1) is 0 Å². The smallest absolute Gasteiger partial charge is 0.259 e. The number of fused-ring (bicyclic) bond motifs is 1. The van der Waals surface area contributed by atoms with Gasteiger partial charge in [-0.05, 0) is 13.8 Å². The summed E-state index contributed by atoms with van der Waals surface area (Å²) < 4.78 is 32.9. The van der Waals surface area contributed by atoms with Crippen LogP contribution in [0.25, 0.3) is 0 Å². The molecule has 0 saturated heterocycles. The van der Waals surface area contributed by atoms with Crippen LogP contribution >= 0.6 is 0 Å². The number of alkyl halides is 2. The van der Waals surface area contributed by atoms with E-state index in [0.717, 1.165) is 6.92 Å². The van der Waals surface area contributed by atoms with Crippen LogP contribution < -0.4 is 4.74 Å². The van der Waals surface area contributed by atoms with Gasteiger partial charge >= 0.3 is 0 Å². The summed E-state index contributed by atoms with van der Waals surface area (Å²) in [6.45, 7) is 3.61. The summed E-state index contributed by atoms with van der Waals surface area (Å²) in [5.74, 6) is -3.43. The Morgan fingerprint density at radius 3 is 2.68 bits per heavy atom. The number of hydrogen-bond donors (Lipinski definition) is 0. The number of halogens is 2. The number of ether oxygens (including phenoxy) is 1. The summed E-state index contributed by atoms with van der Waals surface area (Å²) in [6.07, 6.45) is 2.86. The molecule has 0 saturated carbocycles. The Hall–Kier alpha value is -2.23. The van der Waals surface area contributed by atoms with Crippen molar-refractivity contribution in [3.8, 4) is 11.8 Å². The van der Waals surface area contributed by atoms with Crippen LogP contribution in [0.3, 0.4) is 0 Å². The van der Waals surface area contributed by atoms with Crippen molar-refractivity contribution in [2.75, 3.05) is 13.2 Å². The predicted molar refractivity (Wildman–Crippen MR) is 74.3 cm³/mol. The highest BCUT2D eigenvalue weighted by atomic mass is 19.3. The molecule has 118 valence electrons. The second-order valence-electron chi connectivity index (χ2n) is 5.88. The van der Waals surface area contributed by atoms with Crippen molar-refractivity contribution in [2.24, 2.45) is 5.41 Å². The van der Waals surface area contributed by atoms with Gasteiger partial charge in [0, 0.05) is 24.9 Å². The predicted octanol–water partition coefficient (Wildman–Crippen LogP) is 2.36. The van der Waals surface area contributed by atoms with Crippen LogP contribution in [-0.2, 0) is 11.3 Å². The van der Waals surface area contributed by atoms with Gasteiger partial charge in [0.25, 0.3) is 5.92 Å². The Morgan fingerprint density at radius 2 is 2.09 bits per heavy atom. The van der Waals surface area contributed by atoms with Crippen LogP contribution in [0.1, 0.15) is 31.9 Å². The molecule has 1 aliphatic heterocycles. The van der Waals surface area contributed by atoms with Gasteiger partial charge in [-0.1, -0.05) is 0 Å². The van der Waals surface area contributed by atoms with Gasteiger partial charge in [-0.2, -0.15) is 5.26 Å². The molecule has 22 heavy (non-hydrogen) atoms. The number of pyridine rings is 1. The quantitative estimate of drug-likeness (QED) is 0.841. The minimum Gasteiger partial charge on any atom is -0.490 e. The monoisotopic (exact) mass is 309 g/mol. The first kappa shape index (κ1) is 16.1. The fourth-order valence-corrected chi connectivity index (χ4v) is 2.15. The first-order valence-corrected chi connectivity index (χ1v) is 6.85. The fourth-order valence-electron chi connectivity index (χ4n) is 2.15. The highest BCUT2D eigenvalue weighted by molar-refractivity contribution is 5.83. The van der Waals surface area contributed by atoms with Crippen LogP contribution in [-0.4, -0.2) is 34.9 Å². The molecule has 0 bridgehead atoms. The lowest BCUT2D eigenvalue weighted by Crippen LogP contribution is -2.49. The van der Waals surface area contributed by atoms with Crippen molar-refractivity contribution < 1.29 is 18.3 Å². The second kappa shape index (κ2) is 5.52. The molecule has 0 aromatic carbocycles. The first-order valence-electron chi connectivity index (χ1n) is 6.85. The van der Waals surface area contributed by atoms with Gasteiger partial charge < -0.3 is 9.64 Å². The molecule has 0 unspecified atom stereocenters. The van der Waals surface area contributed by atoms with Gasteiger partial charge in [0.2, 0.25) is 5.91 Å². The van der Waals surface area contributed by atoms with Crippen LogP contribution in [0.4, 0.5) is 8.78 Å². The lowest BCUT2D eigenvalue weighted by Gasteiger charge is -2.34. The summed E-state index contributed by atoms with van der Waals surface area (Å²) >= 11 is 0. The van der Waals surface area contributed by atoms with E-state index in [-0.39, 0.29) is 25.3 Å². The maximum atomic E-state index is 13.7. The Balaban J connectivity index is 2.32. The summed E-state index contributed by atoms with van der Waals surface area (Å²) in [6, 6.07) is 1.97. The van der Waals surface area contributed by atoms with E-state index in [4.69, 9.17) is 10.00 Å². The van der Waals surface area contributed by atoms with E-state index in [2.05, 4.69) is 4.98 Å². The Kier molecular flexibility index (Phi) is 4.05. The Bertz CT molecular complexity index is 633. The van der Waals surface area contributed by atoms with E-state index < -0.39 is 17.2 Å². The maximum Gasteiger partial charge on any atom is 0.259 e. The van der Waals surface area contributed by atoms with Crippen LogP contribution in [0.5, 0.6) is 5.75 Å². The van der Waals surface area contributed by atoms with Gasteiger partial charge in [0.05, 0.1) is 13.1 Å². The summed E-state index contributed by atoms with van der Waals surface area (Å²) in [7, 11) is 0. The Morgan fingerprint density at radius 1 is 1.41 bits per heavy atom. The third kappa shape index (κ3) is 2.73. The SMILES string of the molecule is CC(F)(F)C(C)(C)C(=O)N1CCOc2c(C#N)cncc2C1. The van der Waals surface area contributed by atoms with E-state index in [1.165, 1.54) is 31.1 Å². The lowest BCUT2D eigenvalue weighted by molar-refractivity contribution is -0.163. The zero-order valence-electron chi connectivity index (χ0n) is 12.7.